The van der Waals surface area contributed by atoms with Gasteiger partial charge in [0.1, 0.15) is 11.4 Å². The van der Waals surface area contributed by atoms with Crippen LogP contribution in [0.25, 0.3) is 0 Å². The van der Waals surface area contributed by atoms with Gasteiger partial charge in [-0.2, -0.15) is 0 Å². The zero-order valence-corrected chi connectivity index (χ0v) is 11.2. The zero-order valence-electron chi connectivity index (χ0n) is 11.2. The van der Waals surface area contributed by atoms with Gasteiger partial charge in [0.05, 0.1) is 0 Å². The summed E-state index contributed by atoms with van der Waals surface area (Å²) in [5, 5.41) is 2.56. The van der Waals surface area contributed by atoms with Crippen molar-refractivity contribution in [3.05, 3.63) is 36.9 Å². The van der Waals surface area contributed by atoms with Gasteiger partial charge >= 0.3 is 6.16 Å². The summed E-state index contributed by atoms with van der Waals surface area (Å²) in [7, 11) is 0. The molecule has 0 atom stereocenters. The third-order valence-corrected chi connectivity index (χ3v) is 1.88. The minimum Gasteiger partial charge on any atom is -0.428 e. The topological polar surface area (TPSA) is 64.6 Å². The molecule has 0 saturated carbocycles. The van der Waals surface area contributed by atoms with E-state index >= 15 is 0 Å². The highest BCUT2D eigenvalue weighted by molar-refractivity contribution is 5.98. The molecule has 0 heterocycles. The quantitative estimate of drug-likeness (QED) is 0.517. The van der Waals surface area contributed by atoms with Crippen LogP contribution < -0.4 is 10.1 Å². The van der Waals surface area contributed by atoms with Gasteiger partial charge in [-0.15, -0.1) is 0 Å². The number of carbonyl (C=O) groups excluding carboxylic acids is 2. The first-order chi connectivity index (χ1) is 8.80. The number of anilines is 1. The van der Waals surface area contributed by atoms with Crippen molar-refractivity contribution < 1.29 is 19.1 Å². The number of rotatable bonds is 3. The summed E-state index contributed by atoms with van der Waals surface area (Å²) in [5.41, 5.74) is -0.114. The average molecular weight is 263 g/mol. The number of ether oxygens (including phenoxy) is 2. The van der Waals surface area contributed by atoms with Crippen molar-refractivity contribution in [2.45, 2.75) is 26.4 Å². The van der Waals surface area contributed by atoms with Crippen LogP contribution in [-0.4, -0.2) is 17.7 Å². The Morgan fingerprint density at radius 2 is 2.00 bits per heavy atom. The van der Waals surface area contributed by atoms with Crippen molar-refractivity contribution in [1.82, 2.24) is 0 Å². The molecule has 1 N–H and O–H groups in total. The van der Waals surface area contributed by atoms with E-state index < -0.39 is 11.8 Å². The molecule has 0 saturated heterocycles. The van der Waals surface area contributed by atoms with Gasteiger partial charge in [-0.1, -0.05) is 12.6 Å². The van der Waals surface area contributed by atoms with E-state index in [2.05, 4.69) is 11.9 Å². The van der Waals surface area contributed by atoms with E-state index in [0.29, 0.717) is 5.69 Å². The zero-order chi connectivity index (χ0) is 14.5. The lowest BCUT2D eigenvalue weighted by Crippen LogP contribution is -2.26. The summed E-state index contributed by atoms with van der Waals surface area (Å²) in [6, 6.07) is 6.43. The molecule has 1 aromatic carbocycles. The van der Waals surface area contributed by atoms with Crippen molar-refractivity contribution >= 4 is 17.7 Å². The molecule has 0 aliphatic carbocycles. The summed E-state index contributed by atoms with van der Waals surface area (Å²) in [5.74, 6) is -0.0504. The van der Waals surface area contributed by atoms with Crippen molar-refractivity contribution in [3.8, 4) is 5.75 Å². The molecule has 0 bridgehead atoms. The smallest absolute Gasteiger partial charge is 0.428 e. The maximum absolute atomic E-state index is 11.5. The molecule has 0 spiro atoms. The SMILES string of the molecule is C=CC(=O)Nc1cccc(OC(=O)OC(C)(C)C)c1. The maximum atomic E-state index is 11.5. The maximum Gasteiger partial charge on any atom is 0.514 e. The van der Waals surface area contributed by atoms with Gasteiger partial charge in [-0.3, -0.25) is 4.79 Å². The van der Waals surface area contributed by atoms with Crippen LogP contribution in [0.4, 0.5) is 10.5 Å². The molecule has 1 aromatic rings. The molecule has 0 aliphatic heterocycles. The first-order valence-corrected chi connectivity index (χ1v) is 5.74. The molecular weight excluding hydrogens is 246 g/mol. The first kappa shape index (κ1) is 14.8. The van der Waals surface area contributed by atoms with E-state index in [1.165, 1.54) is 6.07 Å². The molecule has 1 amide bonds. The fourth-order valence-corrected chi connectivity index (χ4v) is 1.20. The highest BCUT2D eigenvalue weighted by atomic mass is 16.7. The van der Waals surface area contributed by atoms with Gasteiger partial charge in [0, 0.05) is 11.8 Å². The van der Waals surface area contributed by atoms with E-state index in [0.717, 1.165) is 6.08 Å². The van der Waals surface area contributed by atoms with Gasteiger partial charge in [-0.25, -0.2) is 4.79 Å². The Kier molecular flexibility index (Phi) is 4.69. The van der Waals surface area contributed by atoms with E-state index in [4.69, 9.17) is 9.47 Å². The lowest BCUT2D eigenvalue weighted by Gasteiger charge is -2.18. The van der Waals surface area contributed by atoms with Crippen LogP contribution in [-0.2, 0) is 9.53 Å². The number of hydrogen-bond acceptors (Lipinski definition) is 4. The summed E-state index contributed by atoms with van der Waals surface area (Å²) < 4.78 is 10.0. The highest BCUT2D eigenvalue weighted by Gasteiger charge is 2.18. The van der Waals surface area contributed by atoms with Crippen LogP contribution in [0, 0.1) is 0 Å². The molecular formula is C14H17NO4. The van der Waals surface area contributed by atoms with Crippen LogP contribution in [0.2, 0.25) is 0 Å². The highest BCUT2D eigenvalue weighted by Crippen LogP contribution is 2.19. The summed E-state index contributed by atoms with van der Waals surface area (Å²) in [6.07, 6.45) is 0.362. The second-order valence-corrected chi connectivity index (χ2v) is 4.79. The Morgan fingerprint density at radius 1 is 1.32 bits per heavy atom. The molecule has 0 aromatic heterocycles. The second-order valence-electron chi connectivity index (χ2n) is 4.79. The predicted molar refractivity (Wildman–Crippen MR) is 72.1 cm³/mol. The lowest BCUT2D eigenvalue weighted by atomic mass is 10.2. The third kappa shape index (κ3) is 5.72. The molecule has 0 aliphatic rings. The molecule has 102 valence electrons. The molecule has 0 radical (unpaired) electrons. The fraction of sp³-hybridized carbons (Fsp3) is 0.286. The number of amides is 1. The number of benzene rings is 1. The van der Waals surface area contributed by atoms with E-state index in [9.17, 15) is 9.59 Å². The molecule has 5 nitrogen and oxygen atoms in total. The monoisotopic (exact) mass is 263 g/mol. The van der Waals surface area contributed by atoms with Crippen LogP contribution in [0.3, 0.4) is 0 Å². The Bertz CT molecular complexity index is 488. The average Bonchev–Trinajstić information content (AvgIpc) is 2.26. The minimum absolute atomic E-state index is 0.288. The van der Waals surface area contributed by atoms with Gasteiger partial charge in [0.15, 0.2) is 0 Å². The predicted octanol–water partition coefficient (Wildman–Crippen LogP) is 3.13. The largest absolute Gasteiger partial charge is 0.514 e. The standard InChI is InChI=1S/C14H17NO4/c1-5-12(16)15-10-7-6-8-11(9-10)18-13(17)19-14(2,3)4/h5-9H,1H2,2-4H3,(H,15,16). The van der Waals surface area contributed by atoms with E-state index in [1.807, 2.05) is 0 Å². The van der Waals surface area contributed by atoms with E-state index in [-0.39, 0.29) is 11.7 Å². The number of hydrogen-bond donors (Lipinski definition) is 1. The Hall–Kier alpha value is -2.30. The van der Waals surface area contributed by atoms with Crippen LogP contribution in [0.1, 0.15) is 20.8 Å². The fourth-order valence-electron chi connectivity index (χ4n) is 1.20. The Morgan fingerprint density at radius 3 is 2.58 bits per heavy atom. The van der Waals surface area contributed by atoms with Crippen molar-refractivity contribution in [1.29, 1.82) is 0 Å². The van der Waals surface area contributed by atoms with Gasteiger partial charge in [0.2, 0.25) is 5.91 Å². The Balaban J connectivity index is 2.69. The van der Waals surface area contributed by atoms with Gasteiger partial charge < -0.3 is 14.8 Å². The van der Waals surface area contributed by atoms with Crippen LogP contribution in [0.5, 0.6) is 5.75 Å². The second kappa shape index (κ2) is 6.04. The van der Waals surface area contributed by atoms with E-state index in [1.54, 1.807) is 39.0 Å². The van der Waals surface area contributed by atoms with Gasteiger partial charge in [-0.05, 0) is 39.0 Å². The molecule has 0 unspecified atom stereocenters. The molecule has 19 heavy (non-hydrogen) atoms. The van der Waals surface area contributed by atoms with Crippen molar-refractivity contribution in [3.63, 3.8) is 0 Å². The number of carbonyl (C=O) groups is 2. The molecule has 5 heteroatoms. The van der Waals surface area contributed by atoms with Crippen LogP contribution >= 0.6 is 0 Å². The summed E-state index contributed by atoms with van der Waals surface area (Å²) in [4.78, 5) is 22.6. The van der Waals surface area contributed by atoms with Crippen molar-refractivity contribution in [2.75, 3.05) is 5.32 Å². The van der Waals surface area contributed by atoms with Crippen molar-refractivity contribution in [2.24, 2.45) is 0 Å². The third-order valence-electron chi connectivity index (χ3n) is 1.88. The lowest BCUT2D eigenvalue weighted by molar-refractivity contribution is -0.111. The van der Waals surface area contributed by atoms with Crippen LogP contribution in [0.15, 0.2) is 36.9 Å². The molecule has 1 rings (SSSR count). The Labute approximate surface area is 112 Å². The normalized spacial score (nSPS) is 10.5. The van der Waals surface area contributed by atoms with Gasteiger partial charge in [0.25, 0.3) is 0 Å². The number of nitrogens with one attached hydrogen (secondary N) is 1. The summed E-state index contributed by atoms with van der Waals surface area (Å²) >= 11 is 0. The molecule has 0 fully saturated rings. The first-order valence-electron chi connectivity index (χ1n) is 5.74. The summed E-state index contributed by atoms with van der Waals surface area (Å²) in [6.45, 7) is 8.59. The minimum atomic E-state index is -0.792.